The van der Waals surface area contributed by atoms with Crippen molar-refractivity contribution in [2.24, 2.45) is 11.5 Å². The van der Waals surface area contributed by atoms with Gasteiger partial charge >= 0.3 is 6.03 Å². The molecule has 5 N–H and O–H groups in total. The molecule has 0 bridgehead atoms. The van der Waals surface area contributed by atoms with Gasteiger partial charge in [-0.1, -0.05) is 42.5 Å². The minimum absolute atomic E-state index is 0.322. The summed E-state index contributed by atoms with van der Waals surface area (Å²) in [5, 5.41) is 8.63. The molecule has 5 heteroatoms. The highest BCUT2D eigenvalue weighted by Gasteiger charge is 1.83. The number of phenols is 1. The zero-order chi connectivity index (χ0) is 16.7. The van der Waals surface area contributed by atoms with E-state index in [-0.39, 0.29) is 0 Å². The predicted molar refractivity (Wildman–Crippen MR) is 84.9 cm³/mol. The third kappa shape index (κ3) is 15.1. The molecular formula is C16H22N2O3. The van der Waals surface area contributed by atoms with Crippen LogP contribution in [0.5, 0.6) is 5.75 Å². The largest absolute Gasteiger partial charge is 0.508 e. The number of amides is 2. The highest BCUT2D eigenvalue weighted by Crippen LogP contribution is 2.03. The maximum absolute atomic E-state index is 9.00. The molecule has 2 rings (SSSR count). The first-order chi connectivity index (χ1) is 9.93. The normalized spacial score (nSPS) is 7.71. The van der Waals surface area contributed by atoms with Gasteiger partial charge in [-0.3, -0.25) is 0 Å². The number of urea groups is 1. The number of aryl methyl sites for hydroxylation is 2. The van der Waals surface area contributed by atoms with E-state index >= 15 is 0 Å². The van der Waals surface area contributed by atoms with Crippen molar-refractivity contribution in [2.75, 3.05) is 0 Å². The van der Waals surface area contributed by atoms with E-state index in [4.69, 9.17) is 14.7 Å². The van der Waals surface area contributed by atoms with Crippen molar-refractivity contribution in [1.29, 1.82) is 0 Å². The summed E-state index contributed by atoms with van der Waals surface area (Å²) in [4.78, 5) is 17.0. The van der Waals surface area contributed by atoms with Crippen LogP contribution in [0, 0.1) is 13.8 Å². The molecule has 5 nitrogen and oxygen atoms in total. The van der Waals surface area contributed by atoms with Crippen molar-refractivity contribution >= 4 is 12.8 Å². The summed E-state index contributed by atoms with van der Waals surface area (Å²) in [6, 6.07) is 16.2. The fourth-order valence-electron chi connectivity index (χ4n) is 1.09. The van der Waals surface area contributed by atoms with Crippen molar-refractivity contribution in [3.05, 3.63) is 65.7 Å². The molecule has 21 heavy (non-hydrogen) atoms. The molecule has 0 saturated carbocycles. The average molecular weight is 290 g/mol. The Labute approximate surface area is 125 Å². The van der Waals surface area contributed by atoms with Crippen molar-refractivity contribution in [3.8, 4) is 5.75 Å². The minimum Gasteiger partial charge on any atom is -0.508 e. The third-order valence-electron chi connectivity index (χ3n) is 2.18. The Morgan fingerprint density at radius 3 is 1.33 bits per heavy atom. The van der Waals surface area contributed by atoms with Crippen LogP contribution in [0.25, 0.3) is 0 Å². The van der Waals surface area contributed by atoms with Gasteiger partial charge in [-0.05, 0) is 37.1 Å². The number of phenolic OH excluding ortho intramolecular Hbond substituents is 1. The zero-order valence-electron chi connectivity index (χ0n) is 12.3. The summed E-state index contributed by atoms with van der Waals surface area (Å²) in [6.45, 7) is 6.24. The van der Waals surface area contributed by atoms with Crippen molar-refractivity contribution in [3.63, 3.8) is 0 Å². The van der Waals surface area contributed by atoms with Crippen molar-refractivity contribution < 1.29 is 14.7 Å². The lowest BCUT2D eigenvalue weighted by Crippen LogP contribution is -2.18. The Bertz CT molecular complexity index is 477. The standard InChI is InChI=1S/C8H10.C6H6O.CH4N2O.CH2O/c1-7-5-3-4-6-8(7)2;7-6-4-2-1-3-5-6;2-1(3)4;1-2/h3-6H,1-2H3;1-5,7H;(H4,2,3,4);1H2. The molecule has 0 spiro atoms. The van der Waals surface area contributed by atoms with Crippen LogP contribution in [0.3, 0.4) is 0 Å². The van der Waals surface area contributed by atoms with E-state index in [9.17, 15) is 0 Å². The van der Waals surface area contributed by atoms with Crippen LogP contribution in [0.15, 0.2) is 54.6 Å². The molecule has 0 aliphatic rings. The molecule has 0 aromatic heterocycles. The van der Waals surface area contributed by atoms with Gasteiger partial charge in [0.1, 0.15) is 12.5 Å². The average Bonchev–Trinajstić information content (AvgIpc) is 2.45. The molecule has 0 unspecified atom stereocenters. The number of benzene rings is 2. The second kappa shape index (κ2) is 13.6. The SMILES string of the molecule is C=O.Cc1ccccc1C.NC(N)=O.Oc1ccccc1. The number of carbonyl (C=O) groups is 2. The molecular weight excluding hydrogens is 268 g/mol. The highest BCUT2D eigenvalue weighted by atomic mass is 16.3. The van der Waals surface area contributed by atoms with Crippen LogP contribution in [-0.2, 0) is 4.79 Å². The summed E-state index contributed by atoms with van der Waals surface area (Å²) in [5.41, 5.74) is 11.2. The zero-order valence-corrected chi connectivity index (χ0v) is 12.3. The fraction of sp³-hybridized carbons (Fsp3) is 0.125. The topological polar surface area (TPSA) is 106 Å². The van der Waals surface area contributed by atoms with Gasteiger partial charge < -0.3 is 21.4 Å². The number of para-hydroxylation sites is 1. The van der Waals surface area contributed by atoms with Gasteiger partial charge in [0.2, 0.25) is 0 Å². The van der Waals surface area contributed by atoms with E-state index in [1.807, 2.05) is 12.9 Å². The van der Waals surface area contributed by atoms with E-state index in [0.717, 1.165) is 0 Å². The second-order valence-corrected chi connectivity index (χ2v) is 3.82. The third-order valence-corrected chi connectivity index (χ3v) is 2.18. The molecule has 0 fully saturated rings. The number of aromatic hydroxyl groups is 1. The number of primary amides is 2. The lowest BCUT2D eigenvalue weighted by molar-refractivity contribution is -0.0979. The smallest absolute Gasteiger partial charge is 0.309 e. The molecule has 0 atom stereocenters. The minimum atomic E-state index is -0.833. The number of hydrogen-bond acceptors (Lipinski definition) is 3. The summed E-state index contributed by atoms with van der Waals surface area (Å²) < 4.78 is 0. The quantitative estimate of drug-likeness (QED) is 0.694. The highest BCUT2D eigenvalue weighted by molar-refractivity contribution is 5.69. The molecule has 0 aliphatic heterocycles. The number of rotatable bonds is 0. The number of nitrogens with two attached hydrogens (primary N) is 2. The number of carbonyl (C=O) groups excluding carboxylic acids is 2. The lowest BCUT2D eigenvalue weighted by Gasteiger charge is -1.93. The van der Waals surface area contributed by atoms with E-state index in [1.165, 1.54) is 11.1 Å². The molecule has 0 heterocycles. The Morgan fingerprint density at radius 2 is 1.14 bits per heavy atom. The molecule has 2 aromatic rings. The van der Waals surface area contributed by atoms with Crippen LogP contribution in [-0.4, -0.2) is 17.9 Å². The predicted octanol–water partition coefficient (Wildman–Crippen LogP) is 2.53. The van der Waals surface area contributed by atoms with Gasteiger partial charge in [0.05, 0.1) is 0 Å². The van der Waals surface area contributed by atoms with Gasteiger partial charge in [0.15, 0.2) is 0 Å². The Kier molecular flexibility index (Phi) is 13.3. The van der Waals surface area contributed by atoms with E-state index in [0.29, 0.717) is 5.75 Å². The molecule has 0 radical (unpaired) electrons. The van der Waals surface area contributed by atoms with Gasteiger partial charge in [0, 0.05) is 0 Å². The lowest BCUT2D eigenvalue weighted by atomic mass is 10.1. The number of hydrogen-bond donors (Lipinski definition) is 3. The van der Waals surface area contributed by atoms with Crippen molar-refractivity contribution in [1.82, 2.24) is 0 Å². The molecule has 0 aliphatic carbocycles. The summed E-state index contributed by atoms with van der Waals surface area (Å²) >= 11 is 0. The Balaban J connectivity index is 0. The van der Waals surface area contributed by atoms with Crippen LogP contribution in [0.4, 0.5) is 4.79 Å². The molecule has 2 aromatic carbocycles. The van der Waals surface area contributed by atoms with Gasteiger partial charge in [-0.15, -0.1) is 0 Å². The Morgan fingerprint density at radius 1 is 0.857 bits per heavy atom. The van der Waals surface area contributed by atoms with Crippen LogP contribution >= 0.6 is 0 Å². The monoisotopic (exact) mass is 290 g/mol. The van der Waals surface area contributed by atoms with E-state index < -0.39 is 6.03 Å². The van der Waals surface area contributed by atoms with Crippen LogP contribution in [0.2, 0.25) is 0 Å². The maximum atomic E-state index is 9.00. The summed E-state index contributed by atoms with van der Waals surface area (Å²) in [6.07, 6.45) is 0. The Hall–Kier alpha value is -2.82. The second-order valence-electron chi connectivity index (χ2n) is 3.82. The first-order valence-corrected chi connectivity index (χ1v) is 6.03. The summed E-state index contributed by atoms with van der Waals surface area (Å²) in [7, 11) is 0. The molecule has 2 amide bonds. The fourth-order valence-corrected chi connectivity index (χ4v) is 1.09. The maximum Gasteiger partial charge on any atom is 0.309 e. The summed E-state index contributed by atoms with van der Waals surface area (Å²) in [5.74, 6) is 0.322. The first kappa shape index (κ1) is 20.5. The van der Waals surface area contributed by atoms with Crippen molar-refractivity contribution in [2.45, 2.75) is 13.8 Å². The van der Waals surface area contributed by atoms with Crippen LogP contribution < -0.4 is 11.5 Å². The van der Waals surface area contributed by atoms with E-state index in [1.54, 1.807) is 24.3 Å². The van der Waals surface area contributed by atoms with Gasteiger partial charge in [-0.2, -0.15) is 0 Å². The van der Waals surface area contributed by atoms with Crippen LogP contribution in [0.1, 0.15) is 11.1 Å². The molecule has 0 saturated heterocycles. The molecule has 114 valence electrons. The van der Waals surface area contributed by atoms with Gasteiger partial charge in [-0.25, -0.2) is 4.79 Å². The van der Waals surface area contributed by atoms with E-state index in [2.05, 4.69) is 49.6 Å². The van der Waals surface area contributed by atoms with Gasteiger partial charge in [0.25, 0.3) is 0 Å². The first-order valence-electron chi connectivity index (χ1n) is 6.03.